The molecule has 0 aromatic carbocycles. The van der Waals surface area contributed by atoms with Gasteiger partial charge in [0.15, 0.2) is 0 Å². The summed E-state index contributed by atoms with van der Waals surface area (Å²) in [4.78, 5) is 25.7. The molecule has 1 aliphatic rings. The molecular formula is C13H14N2O4. The SMILES string of the molecule is CC1=C(C(=O)O)C(c2ccc[nH]2)C(C(=O)O)=C(C)N1. The van der Waals surface area contributed by atoms with Crippen LogP contribution in [0.3, 0.4) is 0 Å². The molecule has 0 saturated heterocycles. The van der Waals surface area contributed by atoms with E-state index < -0.39 is 17.9 Å². The summed E-state index contributed by atoms with van der Waals surface area (Å²) in [6.07, 6.45) is 1.64. The van der Waals surface area contributed by atoms with Crippen LogP contribution in [-0.2, 0) is 9.59 Å². The maximum Gasteiger partial charge on any atom is 0.334 e. The zero-order valence-electron chi connectivity index (χ0n) is 10.5. The average Bonchev–Trinajstić information content (AvgIpc) is 2.79. The maximum atomic E-state index is 11.4. The number of allylic oxidation sites excluding steroid dienone is 2. The van der Waals surface area contributed by atoms with Crippen LogP contribution in [0, 0.1) is 0 Å². The fourth-order valence-electron chi connectivity index (χ4n) is 2.40. The van der Waals surface area contributed by atoms with E-state index in [1.165, 1.54) is 0 Å². The Morgan fingerprint density at radius 3 is 2.00 bits per heavy atom. The third kappa shape index (κ3) is 2.12. The monoisotopic (exact) mass is 262 g/mol. The summed E-state index contributed by atoms with van der Waals surface area (Å²) in [5, 5.41) is 21.5. The number of aliphatic carboxylic acids is 2. The van der Waals surface area contributed by atoms with Crippen molar-refractivity contribution >= 4 is 11.9 Å². The lowest BCUT2D eigenvalue weighted by Crippen LogP contribution is -2.31. The summed E-state index contributed by atoms with van der Waals surface area (Å²) in [5.74, 6) is -3.06. The molecule has 0 fully saturated rings. The number of H-pyrrole nitrogens is 1. The Bertz CT molecular complexity index is 560. The predicted molar refractivity (Wildman–Crippen MR) is 67.3 cm³/mol. The highest BCUT2D eigenvalue weighted by Crippen LogP contribution is 2.37. The third-order valence-corrected chi connectivity index (χ3v) is 3.15. The van der Waals surface area contributed by atoms with Crippen LogP contribution in [0.25, 0.3) is 0 Å². The quantitative estimate of drug-likeness (QED) is 0.659. The van der Waals surface area contributed by atoms with Crippen LogP contribution < -0.4 is 5.32 Å². The molecule has 0 atom stereocenters. The number of dihydropyridines is 1. The molecular weight excluding hydrogens is 248 g/mol. The molecule has 19 heavy (non-hydrogen) atoms. The van der Waals surface area contributed by atoms with E-state index in [-0.39, 0.29) is 11.1 Å². The molecule has 1 aromatic heterocycles. The Morgan fingerprint density at radius 1 is 1.11 bits per heavy atom. The maximum absolute atomic E-state index is 11.4. The third-order valence-electron chi connectivity index (χ3n) is 3.15. The van der Waals surface area contributed by atoms with E-state index in [0.717, 1.165) is 0 Å². The zero-order valence-corrected chi connectivity index (χ0v) is 10.5. The van der Waals surface area contributed by atoms with Gasteiger partial charge in [-0.3, -0.25) is 0 Å². The van der Waals surface area contributed by atoms with Crippen LogP contribution in [0.5, 0.6) is 0 Å². The molecule has 0 amide bonds. The van der Waals surface area contributed by atoms with Crippen LogP contribution in [0.15, 0.2) is 40.9 Å². The van der Waals surface area contributed by atoms with Crippen LogP contribution in [0.4, 0.5) is 0 Å². The highest BCUT2D eigenvalue weighted by Gasteiger charge is 2.36. The first kappa shape index (κ1) is 12.9. The predicted octanol–water partition coefficient (Wildman–Crippen LogP) is 1.42. The second-order valence-electron chi connectivity index (χ2n) is 4.37. The number of carboxylic acids is 2. The number of aromatic amines is 1. The lowest BCUT2D eigenvalue weighted by Gasteiger charge is -2.27. The summed E-state index contributed by atoms with van der Waals surface area (Å²) in [6, 6.07) is 3.39. The summed E-state index contributed by atoms with van der Waals surface area (Å²) in [5.41, 5.74) is 1.55. The van der Waals surface area contributed by atoms with Gasteiger partial charge < -0.3 is 20.5 Å². The van der Waals surface area contributed by atoms with Gasteiger partial charge in [-0.2, -0.15) is 0 Å². The summed E-state index contributed by atoms with van der Waals surface area (Å²) >= 11 is 0. The lowest BCUT2D eigenvalue weighted by atomic mass is 9.83. The minimum absolute atomic E-state index is 0.0467. The number of rotatable bonds is 3. The van der Waals surface area contributed by atoms with Crippen molar-refractivity contribution in [2.75, 3.05) is 0 Å². The summed E-state index contributed by atoms with van der Waals surface area (Å²) in [7, 11) is 0. The van der Waals surface area contributed by atoms with Crippen molar-refractivity contribution in [2.45, 2.75) is 19.8 Å². The first-order valence-electron chi connectivity index (χ1n) is 5.72. The zero-order chi connectivity index (χ0) is 14.2. The lowest BCUT2D eigenvalue weighted by molar-refractivity contribution is -0.133. The molecule has 4 N–H and O–H groups in total. The van der Waals surface area contributed by atoms with Crippen LogP contribution in [0.2, 0.25) is 0 Å². The molecule has 6 heteroatoms. The van der Waals surface area contributed by atoms with Crippen molar-refractivity contribution in [1.29, 1.82) is 0 Å². The van der Waals surface area contributed by atoms with Crippen molar-refractivity contribution in [2.24, 2.45) is 0 Å². The van der Waals surface area contributed by atoms with E-state index in [1.807, 2.05) is 0 Å². The summed E-state index contributed by atoms with van der Waals surface area (Å²) in [6.45, 7) is 3.25. The minimum atomic E-state index is -1.13. The van der Waals surface area contributed by atoms with E-state index in [1.54, 1.807) is 32.2 Å². The van der Waals surface area contributed by atoms with Crippen LogP contribution in [0.1, 0.15) is 25.5 Å². The molecule has 0 spiro atoms. The fourth-order valence-corrected chi connectivity index (χ4v) is 2.40. The highest BCUT2D eigenvalue weighted by atomic mass is 16.4. The second kappa shape index (κ2) is 4.64. The van der Waals surface area contributed by atoms with Crippen LogP contribution in [-0.4, -0.2) is 27.1 Å². The summed E-state index contributed by atoms with van der Waals surface area (Å²) < 4.78 is 0. The Morgan fingerprint density at radius 2 is 1.63 bits per heavy atom. The normalized spacial score (nSPS) is 16.5. The molecule has 0 radical (unpaired) electrons. The van der Waals surface area contributed by atoms with E-state index in [4.69, 9.17) is 0 Å². The van der Waals surface area contributed by atoms with Gasteiger partial charge in [-0.15, -0.1) is 0 Å². The Kier molecular flexibility index (Phi) is 3.16. The van der Waals surface area contributed by atoms with E-state index in [2.05, 4.69) is 10.3 Å². The average molecular weight is 262 g/mol. The second-order valence-corrected chi connectivity index (χ2v) is 4.37. The van der Waals surface area contributed by atoms with Gasteiger partial charge in [-0.05, 0) is 26.0 Å². The Hall–Kier alpha value is -2.50. The molecule has 1 aliphatic heterocycles. The molecule has 1 aromatic rings. The van der Waals surface area contributed by atoms with Crippen molar-refractivity contribution in [3.8, 4) is 0 Å². The smallest absolute Gasteiger partial charge is 0.334 e. The van der Waals surface area contributed by atoms with E-state index in [0.29, 0.717) is 17.1 Å². The first-order chi connectivity index (χ1) is 8.93. The standard InChI is InChI=1S/C13H14N2O4/c1-6-9(12(16)17)11(8-4-3-5-14-8)10(13(18)19)7(2)15-6/h3-5,11,14-15H,1-2H3,(H,16,17)(H,18,19). The molecule has 2 rings (SSSR count). The fraction of sp³-hybridized carbons (Fsp3) is 0.231. The van der Waals surface area contributed by atoms with Gasteiger partial charge in [-0.25, -0.2) is 9.59 Å². The first-order valence-corrected chi connectivity index (χ1v) is 5.72. The van der Waals surface area contributed by atoms with Gasteiger partial charge in [-0.1, -0.05) is 0 Å². The molecule has 2 heterocycles. The number of aromatic nitrogens is 1. The van der Waals surface area contributed by atoms with Crippen LogP contribution >= 0.6 is 0 Å². The molecule has 0 saturated carbocycles. The van der Waals surface area contributed by atoms with Gasteiger partial charge >= 0.3 is 11.9 Å². The largest absolute Gasteiger partial charge is 0.478 e. The minimum Gasteiger partial charge on any atom is -0.478 e. The van der Waals surface area contributed by atoms with Gasteiger partial charge in [0, 0.05) is 23.3 Å². The number of carbonyl (C=O) groups is 2. The number of hydrogen-bond donors (Lipinski definition) is 4. The van der Waals surface area contributed by atoms with E-state index >= 15 is 0 Å². The van der Waals surface area contributed by atoms with Gasteiger partial charge in [0.2, 0.25) is 0 Å². The van der Waals surface area contributed by atoms with E-state index in [9.17, 15) is 19.8 Å². The van der Waals surface area contributed by atoms with Gasteiger partial charge in [0.25, 0.3) is 0 Å². The molecule has 0 bridgehead atoms. The Balaban J connectivity index is 2.65. The molecule has 100 valence electrons. The molecule has 6 nitrogen and oxygen atoms in total. The molecule has 0 aliphatic carbocycles. The van der Waals surface area contributed by atoms with Gasteiger partial charge in [0.1, 0.15) is 0 Å². The number of hydrogen-bond acceptors (Lipinski definition) is 3. The van der Waals surface area contributed by atoms with Crippen molar-refractivity contribution in [1.82, 2.24) is 10.3 Å². The van der Waals surface area contributed by atoms with Crippen molar-refractivity contribution in [3.63, 3.8) is 0 Å². The topological polar surface area (TPSA) is 102 Å². The number of carboxylic acid groups (broad SMARTS) is 2. The van der Waals surface area contributed by atoms with Crippen molar-refractivity contribution in [3.05, 3.63) is 46.6 Å². The van der Waals surface area contributed by atoms with Crippen molar-refractivity contribution < 1.29 is 19.8 Å². The Labute approximate surface area is 109 Å². The number of nitrogens with one attached hydrogen (secondary N) is 2. The highest BCUT2D eigenvalue weighted by molar-refractivity contribution is 5.98. The van der Waals surface area contributed by atoms with Gasteiger partial charge in [0.05, 0.1) is 17.1 Å². The molecule has 0 unspecified atom stereocenters.